The van der Waals surface area contributed by atoms with Crippen LogP contribution in [-0.4, -0.2) is 41.5 Å². The molecule has 0 saturated carbocycles. The van der Waals surface area contributed by atoms with Crippen LogP contribution in [0.25, 0.3) is 10.1 Å². The van der Waals surface area contributed by atoms with Crippen molar-refractivity contribution < 1.29 is 14.3 Å². The number of carbonyl (C=O) groups is 2. The molecule has 3 aromatic rings. The van der Waals surface area contributed by atoms with Gasteiger partial charge in [0, 0.05) is 16.1 Å². The van der Waals surface area contributed by atoms with Gasteiger partial charge in [0.05, 0.1) is 17.9 Å². The molecule has 28 heavy (non-hydrogen) atoms. The highest BCUT2D eigenvalue weighted by atomic mass is 32.2. The number of methoxy groups -OCH3 is 1. The second-order valence-corrected chi connectivity index (χ2v) is 8.61. The molecule has 1 unspecified atom stereocenters. The third-order valence-electron chi connectivity index (χ3n) is 4.84. The van der Waals surface area contributed by atoms with Crippen LogP contribution in [0.5, 0.6) is 5.75 Å². The van der Waals surface area contributed by atoms with Crippen molar-refractivity contribution >= 4 is 50.7 Å². The topological polar surface area (TPSA) is 58.6 Å². The van der Waals surface area contributed by atoms with E-state index in [0.29, 0.717) is 22.2 Å². The Morgan fingerprint density at radius 2 is 1.89 bits per heavy atom. The van der Waals surface area contributed by atoms with Crippen molar-refractivity contribution in [1.29, 1.82) is 0 Å². The van der Waals surface area contributed by atoms with Gasteiger partial charge in [0.25, 0.3) is 5.91 Å². The molecule has 7 heteroatoms. The summed E-state index contributed by atoms with van der Waals surface area (Å²) in [7, 11) is 1.60. The van der Waals surface area contributed by atoms with Gasteiger partial charge in [0.2, 0.25) is 5.91 Å². The van der Waals surface area contributed by atoms with Crippen LogP contribution >= 0.6 is 23.1 Å². The Morgan fingerprint density at radius 3 is 2.61 bits per heavy atom. The Balaban J connectivity index is 1.54. The maximum absolute atomic E-state index is 13.2. The second kappa shape index (κ2) is 7.85. The average molecular weight is 413 g/mol. The molecule has 1 aromatic heterocycles. The lowest BCUT2D eigenvalue weighted by Crippen LogP contribution is -2.44. The Hall–Kier alpha value is -2.51. The van der Waals surface area contributed by atoms with Gasteiger partial charge >= 0.3 is 0 Å². The fourth-order valence-corrected chi connectivity index (χ4v) is 5.59. The molecular formula is C21H20N2O3S2. The van der Waals surface area contributed by atoms with Crippen LogP contribution < -0.4 is 10.1 Å². The zero-order chi connectivity index (χ0) is 19.7. The number of rotatable bonds is 4. The van der Waals surface area contributed by atoms with Crippen LogP contribution in [0.3, 0.4) is 0 Å². The molecule has 0 aliphatic carbocycles. The highest BCUT2D eigenvalue weighted by Crippen LogP contribution is 2.33. The summed E-state index contributed by atoms with van der Waals surface area (Å²) in [6, 6.07) is 14.7. The molecule has 144 valence electrons. The van der Waals surface area contributed by atoms with Gasteiger partial charge in [-0.15, -0.1) is 23.1 Å². The first-order valence-corrected chi connectivity index (χ1v) is 10.9. The van der Waals surface area contributed by atoms with E-state index in [4.69, 9.17) is 4.74 Å². The number of nitrogens with zero attached hydrogens (tertiary/aromatic N) is 1. The largest absolute Gasteiger partial charge is 0.497 e. The van der Waals surface area contributed by atoms with Crippen LogP contribution in [0.2, 0.25) is 0 Å². The molecular weight excluding hydrogens is 392 g/mol. The number of aryl methyl sites for hydroxylation is 1. The number of thioether (sulfide) groups is 1. The highest BCUT2D eigenvalue weighted by molar-refractivity contribution is 7.99. The predicted molar refractivity (Wildman–Crippen MR) is 115 cm³/mol. The molecule has 0 spiro atoms. The fourth-order valence-electron chi connectivity index (χ4n) is 3.27. The highest BCUT2D eigenvalue weighted by Gasteiger charge is 2.36. The number of benzene rings is 2. The Kier molecular flexibility index (Phi) is 5.28. The molecule has 2 heterocycles. The number of hydrogen-bond donors (Lipinski definition) is 1. The Morgan fingerprint density at radius 1 is 1.14 bits per heavy atom. The molecule has 1 aliphatic heterocycles. The van der Waals surface area contributed by atoms with Crippen molar-refractivity contribution in [3.05, 3.63) is 59.0 Å². The first-order chi connectivity index (χ1) is 13.6. The first-order valence-electron chi connectivity index (χ1n) is 8.90. The van der Waals surface area contributed by atoms with Crippen molar-refractivity contribution in [2.24, 2.45) is 0 Å². The number of carbonyl (C=O) groups excluding carboxylic acids is 2. The quantitative estimate of drug-likeness (QED) is 0.691. The van der Waals surface area contributed by atoms with Gasteiger partial charge in [0.1, 0.15) is 11.8 Å². The lowest BCUT2D eigenvalue weighted by molar-refractivity contribution is -0.119. The summed E-state index contributed by atoms with van der Waals surface area (Å²) in [5.74, 6) is 1.61. The lowest BCUT2D eigenvalue weighted by Gasteiger charge is -2.23. The molecule has 5 nitrogen and oxygen atoms in total. The van der Waals surface area contributed by atoms with Crippen molar-refractivity contribution in [3.8, 4) is 5.75 Å². The van der Waals surface area contributed by atoms with E-state index in [0.717, 1.165) is 21.4 Å². The van der Waals surface area contributed by atoms with E-state index in [1.807, 2.05) is 31.2 Å². The number of nitrogens with one attached hydrogen (secondary N) is 1. The van der Waals surface area contributed by atoms with Crippen molar-refractivity contribution in [2.75, 3.05) is 24.1 Å². The smallest absolute Gasteiger partial charge is 0.265 e. The molecule has 1 saturated heterocycles. The summed E-state index contributed by atoms with van der Waals surface area (Å²) >= 11 is 3.09. The van der Waals surface area contributed by atoms with E-state index in [1.165, 1.54) is 11.3 Å². The standard InChI is InChI=1S/C21H20N2O3S2/c1-13-16-5-3-4-6-18(16)28-19(13)21(25)23-12-27-11-17(23)20(24)22-14-7-9-15(26-2)10-8-14/h3-10,17H,11-12H2,1-2H3,(H,22,24). The number of hydrogen-bond acceptors (Lipinski definition) is 5. The lowest BCUT2D eigenvalue weighted by atomic mass is 10.1. The van der Waals surface area contributed by atoms with E-state index in [9.17, 15) is 9.59 Å². The van der Waals surface area contributed by atoms with Gasteiger partial charge in [-0.25, -0.2) is 0 Å². The van der Waals surface area contributed by atoms with Crippen molar-refractivity contribution in [2.45, 2.75) is 13.0 Å². The van der Waals surface area contributed by atoms with E-state index < -0.39 is 6.04 Å². The van der Waals surface area contributed by atoms with E-state index in [-0.39, 0.29) is 11.8 Å². The van der Waals surface area contributed by atoms with Crippen LogP contribution in [-0.2, 0) is 4.79 Å². The number of amides is 2. The van der Waals surface area contributed by atoms with Gasteiger partial charge in [0.15, 0.2) is 0 Å². The molecule has 2 amide bonds. The zero-order valence-corrected chi connectivity index (χ0v) is 17.2. The number of thiophene rings is 1. The van der Waals surface area contributed by atoms with Crippen molar-refractivity contribution in [3.63, 3.8) is 0 Å². The van der Waals surface area contributed by atoms with E-state index in [2.05, 4.69) is 5.32 Å². The second-order valence-electron chi connectivity index (χ2n) is 6.56. The van der Waals surface area contributed by atoms with Gasteiger partial charge in [-0.1, -0.05) is 18.2 Å². The summed E-state index contributed by atoms with van der Waals surface area (Å²) < 4.78 is 6.23. The number of fused-ring (bicyclic) bond motifs is 1. The maximum atomic E-state index is 13.2. The minimum absolute atomic E-state index is 0.0708. The molecule has 0 radical (unpaired) electrons. The maximum Gasteiger partial charge on any atom is 0.265 e. The molecule has 2 aromatic carbocycles. The first kappa shape index (κ1) is 18.8. The number of ether oxygens (including phenoxy) is 1. The summed E-state index contributed by atoms with van der Waals surface area (Å²) in [4.78, 5) is 28.4. The van der Waals surface area contributed by atoms with Crippen LogP contribution in [0.1, 0.15) is 15.2 Å². The fraction of sp³-hybridized carbons (Fsp3) is 0.238. The number of anilines is 1. The summed E-state index contributed by atoms with van der Waals surface area (Å²) in [6.07, 6.45) is 0. The third kappa shape index (κ3) is 3.47. The minimum Gasteiger partial charge on any atom is -0.497 e. The molecule has 1 fully saturated rings. The Labute approximate surface area is 171 Å². The minimum atomic E-state index is -0.482. The van der Waals surface area contributed by atoms with E-state index >= 15 is 0 Å². The normalized spacial score (nSPS) is 16.4. The van der Waals surface area contributed by atoms with E-state index in [1.54, 1.807) is 48.0 Å². The average Bonchev–Trinajstić information content (AvgIpc) is 3.34. The van der Waals surface area contributed by atoms with Gasteiger partial charge in [-0.2, -0.15) is 0 Å². The molecule has 1 aliphatic rings. The molecule has 1 N–H and O–H groups in total. The van der Waals surface area contributed by atoms with Gasteiger partial charge in [-0.3, -0.25) is 9.59 Å². The summed E-state index contributed by atoms with van der Waals surface area (Å²) in [5, 5.41) is 4.01. The van der Waals surface area contributed by atoms with Crippen LogP contribution in [0.4, 0.5) is 5.69 Å². The third-order valence-corrected chi connectivity index (χ3v) is 7.11. The zero-order valence-electron chi connectivity index (χ0n) is 15.6. The monoisotopic (exact) mass is 412 g/mol. The molecule has 0 bridgehead atoms. The van der Waals surface area contributed by atoms with Crippen LogP contribution in [0, 0.1) is 6.92 Å². The molecule has 4 rings (SSSR count). The summed E-state index contributed by atoms with van der Waals surface area (Å²) in [5.41, 5.74) is 1.67. The van der Waals surface area contributed by atoms with Gasteiger partial charge < -0.3 is 15.0 Å². The van der Waals surface area contributed by atoms with Gasteiger partial charge in [-0.05, 0) is 48.2 Å². The van der Waals surface area contributed by atoms with Crippen LogP contribution in [0.15, 0.2) is 48.5 Å². The predicted octanol–water partition coefficient (Wildman–Crippen LogP) is 4.37. The summed E-state index contributed by atoms with van der Waals surface area (Å²) in [6.45, 7) is 1.97. The SMILES string of the molecule is COc1ccc(NC(=O)C2CSCN2C(=O)c2sc3ccccc3c2C)cc1. The Bertz CT molecular complexity index is 1030. The molecule has 1 atom stereocenters. The van der Waals surface area contributed by atoms with Crippen molar-refractivity contribution in [1.82, 2.24) is 4.90 Å².